The first-order chi connectivity index (χ1) is 12.9. The maximum Gasteiger partial charge on any atom is 0.331 e. The van der Waals surface area contributed by atoms with Gasteiger partial charge < -0.3 is 4.90 Å². The second-order valence-electron chi connectivity index (χ2n) is 8.33. The maximum absolute atomic E-state index is 13.6. The summed E-state index contributed by atoms with van der Waals surface area (Å²) in [4.78, 5) is 42.5. The predicted octanol–water partition coefficient (Wildman–Crippen LogP) is 2.77. The third-order valence-corrected chi connectivity index (χ3v) is 6.34. The molecule has 1 spiro atoms. The molecule has 1 saturated carbocycles. The van der Waals surface area contributed by atoms with Crippen molar-refractivity contribution in [1.82, 2.24) is 10.2 Å². The summed E-state index contributed by atoms with van der Waals surface area (Å²) in [6.45, 7) is 2.30. The number of imide groups is 2. The Morgan fingerprint density at radius 1 is 1.07 bits per heavy atom. The molecule has 1 aliphatic carbocycles. The van der Waals surface area contributed by atoms with Crippen molar-refractivity contribution in [3.05, 3.63) is 29.3 Å². The van der Waals surface area contributed by atoms with Gasteiger partial charge in [-0.2, -0.15) is 0 Å². The van der Waals surface area contributed by atoms with Gasteiger partial charge in [-0.25, -0.2) is 4.79 Å². The molecule has 2 heterocycles. The maximum atomic E-state index is 13.6. The van der Waals surface area contributed by atoms with Gasteiger partial charge in [0.25, 0.3) is 0 Å². The highest BCUT2D eigenvalue weighted by Gasteiger charge is 2.57. The number of hydrogen-bond donors (Lipinski definition) is 1. The molecule has 1 aromatic carbocycles. The lowest BCUT2D eigenvalue weighted by molar-refractivity contribution is -0.152. The zero-order chi connectivity index (χ0) is 19.2. The van der Waals surface area contributed by atoms with Crippen LogP contribution in [0, 0.1) is 12.3 Å². The van der Waals surface area contributed by atoms with Gasteiger partial charge in [0.05, 0.1) is 0 Å². The molecule has 27 heavy (non-hydrogen) atoms. The van der Waals surface area contributed by atoms with Crippen molar-refractivity contribution in [3.63, 3.8) is 0 Å². The Kier molecular flexibility index (Phi) is 4.44. The second kappa shape index (κ2) is 6.66. The fourth-order valence-corrected chi connectivity index (χ4v) is 4.94. The van der Waals surface area contributed by atoms with E-state index in [-0.39, 0.29) is 11.9 Å². The number of nitrogens with zero attached hydrogens (tertiary/aromatic N) is 2. The van der Waals surface area contributed by atoms with Crippen molar-refractivity contribution in [3.8, 4) is 0 Å². The number of rotatable bonds is 1. The minimum Gasteiger partial charge on any atom is -0.373 e. The zero-order valence-electron chi connectivity index (χ0n) is 16.1. The van der Waals surface area contributed by atoms with Gasteiger partial charge in [0.2, 0.25) is 11.8 Å². The number of anilines is 1. The summed E-state index contributed by atoms with van der Waals surface area (Å²) in [6.07, 6.45) is 6.31. The van der Waals surface area contributed by atoms with Crippen LogP contribution in [0.15, 0.2) is 18.2 Å². The van der Waals surface area contributed by atoms with Crippen molar-refractivity contribution < 1.29 is 14.4 Å². The molecule has 1 saturated heterocycles. The number of aryl methyl sites for hydroxylation is 1. The summed E-state index contributed by atoms with van der Waals surface area (Å²) in [6, 6.07) is 5.48. The average Bonchev–Trinajstić information content (AvgIpc) is 2.89. The number of hydrogen-bond acceptors (Lipinski definition) is 4. The van der Waals surface area contributed by atoms with Gasteiger partial charge in [0, 0.05) is 25.3 Å². The molecule has 0 radical (unpaired) electrons. The highest BCUT2D eigenvalue weighted by atomic mass is 16.2. The third kappa shape index (κ3) is 2.91. The van der Waals surface area contributed by atoms with E-state index < -0.39 is 17.4 Å². The van der Waals surface area contributed by atoms with Crippen molar-refractivity contribution in [2.24, 2.45) is 5.41 Å². The van der Waals surface area contributed by atoms with Crippen LogP contribution in [0.1, 0.15) is 49.7 Å². The van der Waals surface area contributed by atoms with Gasteiger partial charge in [-0.1, -0.05) is 43.4 Å². The monoisotopic (exact) mass is 369 g/mol. The Morgan fingerprint density at radius 3 is 2.48 bits per heavy atom. The molecule has 0 bridgehead atoms. The van der Waals surface area contributed by atoms with Gasteiger partial charge in [-0.05, 0) is 37.8 Å². The molecule has 4 rings (SSSR count). The van der Waals surface area contributed by atoms with Gasteiger partial charge in [0.15, 0.2) is 0 Å². The smallest absolute Gasteiger partial charge is 0.331 e. The number of carbonyl (C=O) groups excluding carboxylic acids is 3. The minimum absolute atomic E-state index is 0.103. The summed E-state index contributed by atoms with van der Waals surface area (Å²) in [5, 5.41) is 2.50. The average molecular weight is 369 g/mol. The highest BCUT2D eigenvalue weighted by Crippen LogP contribution is 2.40. The number of urea groups is 1. The van der Waals surface area contributed by atoms with Crippen LogP contribution in [0.25, 0.3) is 0 Å². The summed E-state index contributed by atoms with van der Waals surface area (Å²) in [5.74, 6) is -0.775. The first-order valence-electron chi connectivity index (χ1n) is 9.92. The molecule has 3 aliphatic rings. The van der Waals surface area contributed by atoms with Crippen LogP contribution in [0.4, 0.5) is 10.5 Å². The standard InChI is InChI=1S/C21H27N3O3/c1-14-9-10-17-15(11-14)12-21(13-23(17)2)18(25)22-20(27)24(19(21)26)16-7-5-3-4-6-8-16/h9-11,16H,3-8,12-13H2,1-2H3,(H,22,25,27)/t21-/m0/s1. The molecule has 2 fully saturated rings. The van der Waals surface area contributed by atoms with E-state index in [4.69, 9.17) is 0 Å². The van der Waals surface area contributed by atoms with E-state index in [9.17, 15) is 14.4 Å². The lowest BCUT2D eigenvalue weighted by Gasteiger charge is -2.46. The number of nitrogens with one attached hydrogen (secondary N) is 1. The largest absolute Gasteiger partial charge is 0.373 e. The minimum atomic E-state index is -1.23. The SMILES string of the molecule is Cc1ccc2c(c1)C[C@]1(CN2C)C(=O)NC(=O)N(C2CCCCCC2)C1=O. The normalized spacial score (nSPS) is 26.8. The molecule has 0 aromatic heterocycles. The number of benzene rings is 1. The zero-order valence-corrected chi connectivity index (χ0v) is 16.1. The predicted molar refractivity (Wildman–Crippen MR) is 102 cm³/mol. The molecule has 2 aliphatic heterocycles. The lowest BCUT2D eigenvalue weighted by atomic mass is 9.74. The van der Waals surface area contributed by atoms with Crippen molar-refractivity contribution in [1.29, 1.82) is 0 Å². The summed E-state index contributed by atoms with van der Waals surface area (Å²) < 4.78 is 0. The van der Waals surface area contributed by atoms with E-state index >= 15 is 0 Å². The second-order valence-corrected chi connectivity index (χ2v) is 8.33. The van der Waals surface area contributed by atoms with Gasteiger partial charge >= 0.3 is 6.03 Å². The van der Waals surface area contributed by atoms with Crippen molar-refractivity contribution in [2.45, 2.75) is 57.9 Å². The molecule has 1 atom stereocenters. The molecule has 6 heteroatoms. The van der Waals surface area contributed by atoms with Gasteiger partial charge in [-0.15, -0.1) is 0 Å². The number of barbiturate groups is 1. The van der Waals surface area contributed by atoms with E-state index in [1.807, 2.05) is 37.1 Å². The quantitative estimate of drug-likeness (QED) is 0.610. The summed E-state index contributed by atoms with van der Waals surface area (Å²) >= 11 is 0. The molecule has 0 unspecified atom stereocenters. The van der Waals surface area contributed by atoms with Crippen LogP contribution in [0.5, 0.6) is 0 Å². The van der Waals surface area contributed by atoms with Crippen LogP contribution in [-0.4, -0.2) is 42.4 Å². The van der Waals surface area contributed by atoms with E-state index in [1.54, 1.807) is 0 Å². The number of fused-ring (bicyclic) bond motifs is 1. The lowest BCUT2D eigenvalue weighted by Crippen LogP contribution is -2.69. The van der Waals surface area contributed by atoms with Gasteiger partial charge in [-0.3, -0.25) is 19.8 Å². The van der Waals surface area contributed by atoms with E-state index in [2.05, 4.69) is 5.32 Å². The van der Waals surface area contributed by atoms with E-state index in [0.29, 0.717) is 13.0 Å². The molecular formula is C21H27N3O3. The Bertz CT molecular complexity index is 798. The van der Waals surface area contributed by atoms with Crippen LogP contribution in [0.2, 0.25) is 0 Å². The fraction of sp³-hybridized carbons (Fsp3) is 0.571. The molecular weight excluding hydrogens is 342 g/mol. The van der Waals surface area contributed by atoms with Crippen molar-refractivity contribution in [2.75, 3.05) is 18.5 Å². The van der Waals surface area contributed by atoms with Crippen molar-refractivity contribution >= 4 is 23.5 Å². The van der Waals surface area contributed by atoms with E-state index in [1.165, 1.54) is 4.90 Å². The fourth-order valence-electron chi connectivity index (χ4n) is 4.94. The van der Waals surface area contributed by atoms with Crippen LogP contribution < -0.4 is 10.2 Å². The molecule has 6 nitrogen and oxygen atoms in total. The summed E-state index contributed by atoms with van der Waals surface area (Å²) in [7, 11) is 1.90. The van der Waals surface area contributed by atoms with Crippen LogP contribution in [-0.2, 0) is 16.0 Å². The Morgan fingerprint density at radius 2 is 1.78 bits per heavy atom. The molecule has 4 amide bonds. The van der Waals surface area contributed by atoms with Gasteiger partial charge in [0.1, 0.15) is 5.41 Å². The van der Waals surface area contributed by atoms with Crippen LogP contribution in [0.3, 0.4) is 0 Å². The Hall–Kier alpha value is -2.37. The highest BCUT2D eigenvalue weighted by molar-refractivity contribution is 6.20. The van der Waals surface area contributed by atoms with E-state index in [0.717, 1.165) is 55.3 Å². The first-order valence-corrected chi connectivity index (χ1v) is 9.92. The molecule has 1 N–H and O–H groups in total. The number of carbonyl (C=O) groups is 3. The third-order valence-electron chi connectivity index (χ3n) is 6.34. The topological polar surface area (TPSA) is 69.7 Å². The molecule has 144 valence electrons. The molecule has 1 aromatic rings. The Balaban J connectivity index is 1.72. The van der Waals surface area contributed by atoms with Crippen LogP contribution >= 0.6 is 0 Å². The summed E-state index contributed by atoms with van der Waals surface area (Å²) in [5.41, 5.74) is 1.90. The Labute approximate surface area is 159 Å². The first kappa shape index (κ1) is 18.0. The number of amides is 4.